The molecule has 0 aliphatic rings. The number of thiazole rings is 1. The van der Waals surface area contributed by atoms with E-state index in [1.165, 1.54) is 12.5 Å². The maximum Gasteiger partial charge on any atom is 0.356 e. The van der Waals surface area contributed by atoms with E-state index in [2.05, 4.69) is 15.3 Å². The van der Waals surface area contributed by atoms with Crippen LogP contribution in [-0.4, -0.2) is 32.2 Å². The van der Waals surface area contributed by atoms with Gasteiger partial charge in [0.15, 0.2) is 10.8 Å². The predicted molar refractivity (Wildman–Crippen MR) is 64.5 cm³/mol. The van der Waals surface area contributed by atoms with Crippen molar-refractivity contribution in [3.8, 4) is 0 Å². The fraction of sp³-hybridized carbons (Fsp3) is 0.300. The standard InChI is InChI=1S/C10H12N4O2S/c1-7-5-17-10(13-7)11-2-3-14-4-8(9(15)16)12-6-14/h4-6H,2-3H2,1H3,(H,11,13)(H,15,16). The molecule has 0 bridgehead atoms. The second kappa shape index (κ2) is 4.96. The Balaban J connectivity index is 1.83. The van der Waals surface area contributed by atoms with Crippen molar-refractivity contribution in [1.29, 1.82) is 0 Å². The number of aromatic carboxylic acids is 1. The van der Waals surface area contributed by atoms with E-state index in [0.717, 1.165) is 10.8 Å². The zero-order chi connectivity index (χ0) is 12.3. The number of anilines is 1. The second-order valence-electron chi connectivity index (χ2n) is 3.52. The zero-order valence-electron chi connectivity index (χ0n) is 9.25. The summed E-state index contributed by atoms with van der Waals surface area (Å²) in [7, 11) is 0. The fourth-order valence-electron chi connectivity index (χ4n) is 1.32. The summed E-state index contributed by atoms with van der Waals surface area (Å²) in [5, 5.41) is 14.7. The normalized spacial score (nSPS) is 10.4. The van der Waals surface area contributed by atoms with Crippen LogP contribution >= 0.6 is 11.3 Å². The van der Waals surface area contributed by atoms with Crippen LogP contribution in [0.2, 0.25) is 0 Å². The van der Waals surface area contributed by atoms with Gasteiger partial charge in [0.05, 0.1) is 12.0 Å². The minimum atomic E-state index is -1.01. The van der Waals surface area contributed by atoms with E-state index in [1.807, 2.05) is 12.3 Å². The number of hydrogen-bond acceptors (Lipinski definition) is 5. The first kappa shape index (κ1) is 11.6. The molecule has 0 spiro atoms. The van der Waals surface area contributed by atoms with Crippen LogP contribution in [0.15, 0.2) is 17.9 Å². The van der Waals surface area contributed by atoms with E-state index in [0.29, 0.717) is 13.1 Å². The van der Waals surface area contributed by atoms with Gasteiger partial charge in [-0.3, -0.25) is 0 Å². The Kier molecular flexibility index (Phi) is 3.38. The van der Waals surface area contributed by atoms with Crippen molar-refractivity contribution in [3.05, 3.63) is 29.3 Å². The Morgan fingerprint density at radius 1 is 1.65 bits per heavy atom. The molecular formula is C10H12N4O2S. The van der Waals surface area contributed by atoms with Crippen LogP contribution in [0.1, 0.15) is 16.2 Å². The molecule has 0 fully saturated rings. The molecule has 90 valence electrons. The number of nitrogens with one attached hydrogen (secondary N) is 1. The van der Waals surface area contributed by atoms with E-state index in [1.54, 1.807) is 15.9 Å². The molecule has 0 aliphatic carbocycles. The van der Waals surface area contributed by atoms with E-state index in [9.17, 15) is 4.79 Å². The summed E-state index contributed by atoms with van der Waals surface area (Å²) in [4.78, 5) is 18.6. The molecule has 6 nitrogen and oxygen atoms in total. The van der Waals surface area contributed by atoms with Crippen molar-refractivity contribution >= 4 is 22.4 Å². The van der Waals surface area contributed by atoms with Gasteiger partial charge in [-0.25, -0.2) is 14.8 Å². The lowest BCUT2D eigenvalue weighted by atomic mass is 10.5. The molecule has 2 rings (SSSR count). The first-order valence-electron chi connectivity index (χ1n) is 5.06. The number of carbonyl (C=O) groups is 1. The topological polar surface area (TPSA) is 80.0 Å². The lowest BCUT2D eigenvalue weighted by Crippen LogP contribution is -2.09. The average molecular weight is 252 g/mol. The third kappa shape index (κ3) is 3.04. The van der Waals surface area contributed by atoms with E-state index >= 15 is 0 Å². The van der Waals surface area contributed by atoms with E-state index in [4.69, 9.17) is 5.11 Å². The number of imidazole rings is 1. The van der Waals surface area contributed by atoms with Crippen LogP contribution in [0.5, 0.6) is 0 Å². The van der Waals surface area contributed by atoms with Gasteiger partial charge in [0.25, 0.3) is 0 Å². The molecular weight excluding hydrogens is 240 g/mol. The van der Waals surface area contributed by atoms with E-state index in [-0.39, 0.29) is 5.69 Å². The smallest absolute Gasteiger partial charge is 0.356 e. The summed E-state index contributed by atoms with van der Waals surface area (Å²) in [5.74, 6) is -1.01. The molecule has 0 atom stereocenters. The monoisotopic (exact) mass is 252 g/mol. The molecule has 2 aromatic heterocycles. The van der Waals surface area contributed by atoms with Gasteiger partial charge in [-0.1, -0.05) is 0 Å². The van der Waals surface area contributed by atoms with Crippen molar-refractivity contribution in [1.82, 2.24) is 14.5 Å². The fourth-order valence-corrected chi connectivity index (χ4v) is 2.04. The SMILES string of the molecule is Cc1csc(NCCn2cnc(C(=O)O)c2)n1. The molecule has 0 aromatic carbocycles. The summed E-state index contributed by atoms with van der Waals surface area (Å²) in [5.41, 5.74) is 1.06. The Morgan fingerprint density at radius 3 is 3.06 bits per heavy atom. The quantitative estimate of drug-likeness (QED) is 0.842. The average Bonchev–Trinajstić information content (AvgIpc) is 2.88. The van der Waals surface area contributed by atoms with Crippen LogP contribution in [0.25, 0.3) is 0 Å². The van der Waals surface area contributed by atoms with Crippen molar-refractivity contribution in [2.75, 3.05) is 11.9 Å². The number of aromatic nitrogens is 3. The minimum absolute atomic E-state index is 0.0649. The lowest BCUT2D eigenvalue weighted by molar-refractivity contribution is 0.0691. The molecule has 0 amide bonds. The molecule has 0 saturated carbocycles. The summed E-state index contributed by atoms with van der Waals surface area (Å²) in [6.07, 6.45) is 3.02. The highest BCUT2D eigenvalue weighted by atomic mass is 32.1. The molecule has 0 aliphatic heterocycles. The van der Waals surface area contributed by atoms with Crippen molar-refractivity contribution < 1.29 is 9.90 Å². The van der Waals surface area contributed by atoms with Gasteiger partial charge in [-0.15, -0.1) is 11.3 Å². The van der Waals surface area contributed by atoms with Crippen LogP contribution < -0.4 is 5.32 Å². The summed E-state index contributed by atoms with van der Waals surface area (Å²) < 4.78 is 1.73. The molecule has 2 aromatic rings. The number of nitrogens with zero attached hydrogens (tertiary/aromatic N) is 3. The largest absolute Gasteiger partial charge is 0.476 e. The summed E-state index contributed by atoms with van der Waals surface area (Å²) >= 11 is 1.55. The first-order chi connectivity index (χ1) is 8.15. The van der Waals surface area contributed by atoms with Gasteiger partial charge < -0.3 is 15.0 Å². The number of carboxylic acids is 1. The Bertz CT molecular complexity index is 520. The van der Waals surface area contributed by atoms with Crippen LogP contribution in [0.4, 0.5) is 5.13 Å². The molecule has 2 N–H and O–H groups in total. The first-order valence-corrected chi connectivity index (χ1v) is 5.94. The Morgan fingerprint density at radius 2 is 2.47 bits per heavy atom. The number of hydrogen-bond donors (Lipinski definition) is 2. The lowest BCUT2D eigenvalue weighted by Gasteiger charge is -2.02. The maximum absolute atomic E-state index is 10.6. The zero-order valence-corrected chi connectivity index (χ0v) is 10.1. The molecule has 0 saturated heterocycles. The van der Waals surface area contributed by atoms with Gasteiger partial charge >= 0.3 is 5.97 Å². The predicted octanol–water partition coefficient (Wildman–Crippen LogP) is 1.46. The third-order valence-electron chi connectivity index (χ3n) is 2.12. The van der Waals surface area contributed by atoms with Crippen LogP contribution in [0.3, 0.4) is 0 Å². The van der Waals surface area contributed by atoms with Gasteiger partial charge in [0.2, 0.25) is 0 Å². The molecule has 0 radical (unpaired) electrons. The van der Waals surface area contributed by atoms with Crippen LogP contribution in [-0.2, 0) is 6.54 Å². The second-order valence-corrected chi connectivity index (χ2v) is 4.38. The summed E-state index contributed by atoms with van der Waals surface area (Å²) in [6.45, 7) is 3.28. The highest BCUT2D eigenvalue weighted by Crippen LogP contribution is 2.13. The molecule has 2 heterocycles. The minimum Gasteiger partial charge on any atom is -0.476 e. The number of aryl methyl sites for hydroxylation is 1. The van der Waals surface area contributed by atoms with Gasteiger partial charge in [0, 0.05) is 24.7 Å². The highest BCUT2D eigenvalue weighted by molar-refractivity contribution is 7.13. The molecule has 17 heavy (non-hydrogen) atoms. The van der Waals surface area contributed by atoms with Gasteiger partial charge in [-0.05, 0) is 6.92 Å². The third-order valence-corrected chi connectivity index (χ3v) is 3.04. The summed E-state index contributed by atoms with van der Waals surface area (Å²) in [6, 6.07) is 0. The van der Waals surface area contributed by atoms with Crippen LogP contribution in [0, 0.1) is 6.92 Å². The number of carboxylic acid groups (broad SMARTS) is 1. The van der Waals surface area contributed by atoms with Crippen molar-refractivity contribution in [2.45, 2.75) is 13.5 Å². The van der Waals surface area contributed by atoms with Gasteiger partial charge in [0.1, 0.15) is 0 Å². The van der Waals surface area contributed by atoms with Crippen molar-refractivity contribution in [2.24, 2.45) is 0 Å². The molecule has 7 heteroatoms. The van der Waals surface area contributed by atoms with E-state index < -0.39 is 5.97 Å². The maximum atomic E-state index is 10.6. The number of rotatable bonds is 5. The Hall–Kier alpha value is -1.89. The molecule has 0 unspecified atom stereocenters. The van der Waals surface area contributed by atoms with Gasteiger partial charge in [-0.2, -0.15) is 0 Å². The Labute approximate surface area is 102 Å². The highest BCUT2D eigenvalue weighted by Gasteiger charge is 2.05. The van der Waals surface area contributed by atoms with Crippen molar-refractivity contribution in [3.63, 3.8) is 0 Å².